The van der Waals surface area contributed by atoms with Crippen molar-refractivity contribution in [2.24, 2.45) is 4.99 Å². The predicted molar refractivity (Wildman–Crippen MR) is 109 cm³/mol. The summed E-state index contributed by atoms with van der Waals surface area (Å²) in [5.41, 5.74) is 9.20. The second-order valence-corrected chi connectivity index (χ2v) is 6.95. The molecular formula is C24H27N. The van der Waals surface area contributed by atoms with Crippen molar-refractivity contribution >= 4 is 11.8 Å². The summed E-state index contributed by atoms with van der Waals surface area (Å²) in [7, 11) is 0. The van der Waals surface area contributed by atoms with Crippen molar-refractivity contribution in [3.8, 4) is 0 Å². The zero-order chi connectivity index (χ0) is 17.8. The third-order valence-electron chi connectivity index (χ3n) is 5.06. The first-order valence-electron chi connectivity index (χ1n) is 9.15. The summed E-state index contributed by atoms with van der Waals surface area (Å²) in [4.78, 5) is 4.98. The molecule has 0 radical (unpaired) electrons. The summed E-state index contributed by atoms with van der Waals surface area (Å²) >= 11 is 0. The lowest BCUT2D eigenvalue weighted by atomic mass is 9.81. The van der Waals surface area contributed by atoms with E-state index in [9.17, 15) is 0 Å². The van der Waals surface area contributed by atoms with E-state index in [2.05, 4.69) is 75.9 Å². The molecule has 0 saturated carbocycles. The molecule has 25 heavy (non-hydrogen) atoms. The first kappa shape index (κ1) is 17.4. The van der Waals surface area contributed by atoms with Gasteiger partial charge in [0.1, 0.15) is 6.04 Å². The Kier molecular flexibility index (Phi) is 5.33. The van der Waals surface area contributed by atoms with Crippen molar-refractivity contribution in [1.82, 2.24) is 0 Å². The molecule has 1 nitrogen and oxygen atoms in total. The molecule has 2 aromatic carbocycles. The van der Waals surface area contributed by atoms with Gasteiger partial charge in [-0.2, -0.15) is 0 Å². The number of aryl methyl sites for hydroxylation is 2. The van der Waals surface area contributed by atoms with Crippen molar-refractivity contribution in [1.29, 1.82) is 0 Å². The maximum atomic E-state index is 4.98. The molecule has 1 unspecified atom stereocenters. The van der Waals surface area contributed by atoms with Gasteiger partial charge in [0.05, 0.1) is 0 Å². The lowest BCUT2D eigenvalue weighted by molar-refractivity contribution is 0.855. The molecule has 0 heterocycles. The van der Waals surface area contributed by atoms with E-state index in [1.165, 1.54) is 33.4 Å². The van der Waals surface area contributed by atoms with Crippen LogP contribution in [0.5, 0.6) is 0 Å². The van der Waals surface area contributed by atoms with Crippen molar-refractivity contribution in [3.63, 3.8) is 0 Å². The zero-order valence-corrected chi connectivity index (χ0v) is 15.5. The van der Waals surface area contributed by atoms with E-state index >= 15 is 0 Å². The maximum absolute atomic E-state index is 4.98. The number of hydrogen-bond donors (Lipinski definition) is 0. The summed E-state index contributed by atoms with van der Waals surface area (Å²) in [6.45, 7) is 10.6. The zero-order valence-electron chi connectivity index (χ0n) is 15.5. The Morgan fingerprint density at radius 3 is 2.52 bits per heavy atom. The molecule has 0 amide bonds. The number of fused-ring (bicyclic) bond motifs is 1. The van der Waals surface area contributed by atoms with E-state index < -0.39 is 0 Å². The van der Waals surface area contributed by atoms with E-state index in [4.69, 9.17) is 4.99 Å². The highest BCUT2D eigenvalue weighted by molar-refractivity contribution is 5.82. The van der Waals surface area contributed by atoms with Gasteiger partial charge in [-0.1, -0.05) is 73.2 Å². The molecule has 1 aliphatic carbocycles. The lowest BCUT2D eigenvalue weighted by Crippen LogP contribution is -2.10. The van der Waals surface area contributed by atoms with Gasteiger partial charge in [-0.05, 0) is 60.9 Å². The van der Waals surface area contributed by atoms with E-state index in [-0.39, 0.29) is 6.04 Å². The Hall–Kier alpha value is -2.41. The van der Waals surface area contributed by atoms with Gasteiger partial charge in [-0.3, -0.25) is 4.99 Å². The second-order valence-electron chi connectivity index (χ2n) is 6.95. The fraction of sp³-hybridized carbons (Fsp3) is 0.292. The van der Waals surface area contributed by atoms with Crippen molar-refractivity contribution in [2.75, 3.05) is 0 Å². The summed E-state index contributed by atoms with van der Waals surface area (Å²) in [5, 5.41) is 0. The lowest BCUT2D eigenvalue weighted by Gasteiger charge is -2.27. The molecule has 3 rings (SSSR count). The number of rotatable bonds is 5. The molecule has 1 heteroatoms. The van der Waals surface area contributed by atoms with Crippen LogP contribution < -0.4 is 0 Å². The summed E-state index contributed by atoms with van der Waals surface area (Å²) in [5.74, 6) is 0. The molecule has 128 valence electrons. The molecule has 0 aliphatic heterocycles. The first-order chi connectivity index (χ1) is 12.1. The number of nitrogens with zero attached hydrogens (tertiary/aromatic N) is 1. The van der Waals surface area contributed by atoms with Crippen molar-refractivity contribution in [3.05, 3.63) is 88.5 Å². The van der Waals surface area contributed by atoms with E-state index in [0.717, 1.165) is 24.8 Å². The quantitative estimate of drug-likeness (QED) is 0.556. The van der Waals surface area contributed by atoms with Gasteiger partial charge in [-0.15, -0.1) is 0 Å². The largest absolute Gasteiger partial charge is 0.280 e. The van der Waals surface area contributed by atoms with Crippen LogP contribution in [0.3, 0.4) is 0 Å². The van der Waals surface area contributed by atoms with Gasteiger partial charge >= 0.3 is 0 Å². The van der Waals surface area contributed by atoms with Crippen LogP contribution in [-0.2, 0) is 6.42 Å². The Morgan fingerprint density at radius 1 is 1.08 bits per heavy atom. The van der Waals surface area contributed by atoms with Crippen LogP contribution in [0.25, 0.3) is 5.57 Å². The molecule has 0 spiro atoms. The number of allylic oxidation sites excluding steroid dienone is 2. The number of aliphatic imine (C=N–C) groups is 1. The molecule has 1 atom stereocenters. The van der Waals surface area contributed by atoms with Gasteiger partial charge < -0.3 is 0 Å². The van der Waals surface area contributed by atoms with Gasteiger partial charge in [0.2, 0.25) is 0 Å². The third kappa shape index (κ3) is 3.82. The van der Waals surface area contributed by atoms with Crippen LogP contribution in [0.4, 0.5) is 0 Å². The van der Waals surface area contributed by atoms with Crippen molar-refractivity contribution in [2.45, 2.75) is 46.1 Å². The van der Waals surface area contributed by atoms with E-state index in [1.54, 1.807) is 0 Å². The van der Waals surface area contributed by atoms with Crippen LogP contribution in [0.2, 0.25) is 0 Å². The smallest absolute Gasteiger partial charge is 0.100 e. The standard InChI is InChI=1S/C24H27N/c1-5-17(2)16-25-24(21-13-10-18(3)11-14-21)23-19(4)12-15-20-8-6-7-9-22(20)23/h6-11,13-14,16,24H,2,5,12,15H2,1,3-4H3. The normalized spacial score (nSPS) is 15.3. The molecule has 0 N–H and O–H groups in total. The summed E-state index contributed by atoms with van der Waals surface area (Å²) in [6.07, 6.45) is 5.12. The Morgan fingerprint density at radius 2 is 1.80 bits per heavy atom. The maximum Gasteiger partial charge on any atom is 0.100 e. The van der Waals surface area contributed by atoms with Crippen LogP contribution in [0.1, 0.15) is 55.0 Å². The molecule has 1 aliphatic rings. The molecule has 0 saturated heterocycles. The topological polar surface area (TPSA) is 12.4 Å². The van der Waals surface area contributed by atoms with Gasteiger partial charge in [0, 0.05) is 6.21 Å². The van der Waals surface area contributed by atoms with Gasteiger partial charge in [-0.25, -0.2) is 0 Å². The predicted octanol–water partition coefficient (Wildman–Crippen LogP) is 6.49. The Balaban J connectivity index is 2.12. The highest BCUT2D eigenvalue weighted by Crippen LogP contribution is 2.41. The average Bonchev–Trinajstić information content (AvgIpc) is 2.64. The van der Waals surface area contributed by atoms with Crippen LogP contribution in [0.15, 0.2) is 71.2 Å². The van der Waals surface area contributed by atoms with E-state index in [0.29, 0.717) is 0 Å². The highest BCUT2D eigenvalue weighted by Gasteiger charge is 2.24. The van der Waals surface area contributed by atoms with Crippen LogP contribution in [-0.4, -0.2) is 6.21 Å². The Bertz CT molecular complexity index is 821. The molecule has 2 aromatic rings. The minimum absolute atomic E-state index is 0.0327. The fourth-order valence-electron chi connectivity index (χ4n) is 3.42. The van der Waals surface area contributed by atoms with Crippen molar-refractivity contribution < 1.29 is 0 Å². The highest BCUT2D eigenvalue weighted by atomic mass is 14.8. The Labute approximate surface area is 151 Å². The molecule has 0 aromatic heterocycles. The summed E-state index contributed by atoms with van der Waals surface area (Å²) < 4.78 is 0. The van der Waals surface area contributed by atoms with Gasteiger partial charge in [0.15, 0.2) is 0 Å². The summed E-state index contributed by atoms with van der Waals surface area (Å²) in [6, 6.07) is 17.6. The SMILES string of the molecule is C=C(C=NC(C1=C(C)CCc2ccccc21)c1ccc(C)cc1)CC. The molecular weight excluding hydrogens is 302 g/mol. The first-order valence-corrected chi connectivity index (χ1v) is 9.15. The molecule has 0 fully saturated rings. The molecule has 0 bridgehead atoms. The number of benzene rings is 2. The minimum atomic E-state index is 0.0327. The monoisotopic (exact) mass is 329 g/mol. The number of hydrogen-bond acceptors (Lipinski definition) is 1. The van der Waals surface area contributed by atoms with Crippen LogP contribution in [0, 0.1) is 6.92 Å². The van der Waals surface area contributed by atoms with E-state index in [1.807, 2.05) is 6.21 Å². The average molecular weight is 329 g/mol. The fourth-order valence-corrected chi connectivity index (χ4v) is 3.42. The van der Waals surface area contributed by atoms with Gasteiger partial charge in [0.25, 0.3) is 0 Å². The second kappa shape index (κ2) is 7.65. The van der Waals surface area contributed by atoms with Crippen LogP contribution >= 0.6 is 0 Å². The third-order valence-corrected chi connectivity index (χ3v) is 5.06. The minimum Gasteiger partial charge on any atom is -0.280 e.